The van der Waals surface area contributed by atoms with E-state index in [9.17, 15) is 4.79 Å². The van der Waals surface area contributed by atoms with E-state index < -0.39 is 0 Å². The normalized spacial score (nSPS) is 13.1. The summed E-state index contributed by atoms with van der Waals surface area (Å²) in [7, 11) is 1.87. The third-order valence-electron chi connectivity index (χ3n) is 4.40. The largest absolute Gasteiger partial charge is 0.349 e. The molecule has 2 N–H and O–H groups in total. The van der Waals surface area contributed by atoms with E-state index >= 15 is 0 Å². The predicted octanol–water partition coefficient (Wildman–Crippen LogP) is 1.87. The van der Waals surface area contributed by atoms with Crippen LogP contribution in [-0.4, -0.2) is 35.8 Å². The van der Waals surface area contributed by atoms with Crippen LogP contribution < -0.4 is 10.6 Å². The van der Waals surface area contributed by atoms with Gasteiger partial charge in [-0.1, -0.05) is 19.1 Å². The van der Waals surface area contributed by atoms with Crippen LogP contribution in [0.3, 0.4) is 0 Å². The molecule has 122 valence electrons. The molecule has 1 aliphatic carbocycles. The SMILES string of the molecule is CCc1ccc(-n2nc(C(=O)NCCNC)c3c2CCC3)cc1. The lowest BCUT2D eigenvalue weighted by molar-refractivity contribution is 0.0948. The van der Waals surface area contributed by atoms with E-state index in [0.717, 1.165) is 43.5 Å². The average molecular weight is 312 g/mol. The Kier molecular flexibility index (Phi) is 4.76. The van der Waals surface area contributed by atoms with Crippen LogP contribution in [-0.2, 0) is 19.3 Å². The zero-order valence-corrected chi connectivity index (χ0v) is 13.9. The summed E-state index contributed by atoms with van der Waals surface area (Å²) in [6.45, 7) is 3.52. The van der Waals surface area contributed by atoms with Crippen molar-refractivity contribution in [3.8, 4) is 5.69 Å². The van der Waals surface area contributed by atoms with Crippen molar-refractivity contribution in [1.29, 1.82) is 0 Å². The Morgan fingerprint density at radius 1 is 1.22 bits per heavy atom. The molecule has 0 aliphatic heterocycles. The summed E-state index contributed by atoms with van der Waals surface area (Å²) in [5.74, 6) is -0.0673. The molecule has 5 nitrogen and oxygen atoms in total. The Labute approximate surface area is 137 Å². The molecule has 0 fully saturated rings. The van der Waals surface area contributed by atoms with Gasteiger partial charge in [-0.05, 0) is 50.4 Å². The highest BCUT2D eigenvalue weighted by Gasteiger charge is 2.26. The predicted molar refractivity (Wildman–Crippen MR) is 91.2 cm³/mol. The van der Waals surface area contributed by atoms with Crippen LogP contribution in [0.1, 0.15) is 40.7 Å². The molecule has 0 bridgehead atoms. The molecule has 0 atom stereocenters. The lowest BCUT2D eigenvalue weighted by atomic mass is 10.1. The Morgan fingerprint density at radius 2 is 2.00 bits per heavy atom. The molecule has 23 heavy (non-hydrogen) atoms. The lowest BCUT2D eigenvalue weighted by Crippen LogP contribution is -2.31. The number of amides is 1. The first-order valence-corrected chi connectivity index (χ1v) is 8.37. The number of aromatic nitrogens is 2. The summed E-state index contributed by atoms with van der Waals surface area (Å²) in [6.07, 6.45) is 4.05. The molecule has 1 aliphatic rings. The number of fused-ring (bicyclic) bond motifs is 1. The van der Waals surface area contributed by atoms with Gasteiger partial charge < -0.3 is 10.6 Å². The number of aryl methyl sites for hydroxylation is 1. The van der Waals surface area contributed by atoms with Crippen LogP contribution in [0.5, 0.6) is 0 Å². The first kappa shape index (κ1) is 15.7. The Hall–Kier alpha value is -2.14. The number of hydrogen-bond donors (Lipinski definition) is 2. The smallest absolute Gasteiger partial charge is 0.272 e. The zero-order valence-electron chi connectivity index (χ0n) is 13.9. The quantitative estimate of drug-likeness (QED) is 0.801. The van der Waals surface area contributed by atoms with E-state index in [0.29, 0.717) is 12.2 Å². The molecular weight excluding hydrogens is 288 g/mol. The van der Waals surface area contributed by atoms with E-state index in [1.807, 2.05) is 11.7 Å². The number of rotatable bonds is 6. The fourth-order valence-corrected chi connectivity index (χ4v) is 3.09. The zero-order chi connectivity index (χ0) is 16.2. The van der Waals surface area contributed by atoms with Crippen molar-refractivity contribution < 1.29 is 4.79 Å². The topological polar surface area (TPSA) is 59.0 Å². The summed E-state index contributed by atoms with van der Waals surface area (Å²) in [5, 5.41) is 10.6. The Morgan fingerprint density at radius 3 is 2.70 bits per heavy atom. The molecule has 1 heterocycles. The van der Waals surface area contributed by atoms with Crippen molar-refractivity contribution in [3.63, 3.8) is 0 Å². The number of benzene rings is 1. The highest BCUT2D eigenvalue weighted by atomic mass is 16.1. The second-order valence-corrected chi connectivity index (χ2v) is 5.92. The summed E-state index contributed by atoms with van der Waals surface area (Å²) in [6, 6.07) is 8.44. The van der Waals surface area contributed by atoms with E-state index in [2.05, 4.69) is 46.9 Å². The van der Waals surface area contributed by atoms with Gasteiger partial charge in [-0.3, -0.25) is 4.79 Å². The van der Waals surface area contributed by atoms with E-state index in [1.165, 1.54) is 11.3 Å². The van der Waals surface area contributed by atoms with Gasteiger partial charge in [-0.2, -0.15) is 5.10 Å². The second-order valence-electron chi connectivity index (χ2n) is 5.92. The number of nitrogens with zero attached hydrogens (tertiary/aromatic N) is 2. The molecule has 0 spiro atoms. The first-order valence-electron chi connectivity index (χ1n) is 8.37. The molecule has 1 amide bonds. The van der Waals surface area contributed by atoms with Crippen molar-refractivity contribution in [3.05, 3.63) is 46.8 Å². The Balaban J connectivity index is 1.90. The molecule has 1 aromatic heterocycles. The van der Waals surface area contributed by atoms with Gasteiger partial charge in [0.2, 0.25) is 0 Å². The fraction of sp³-hybridized carbons (Fsp3) is 0.444. The fourth-order valence-electron chi connectivity index (χ4n) is 3.09. The summed E-state index contributed by atoms with van der Waals surface area (Å²) < 4.78 is 1.95. The highest BCUT2D eigenvalue weighted by molar-refractivity contribution is 5.94. The molecule has 0 saturated carbocycles. The first-order chi connectivity index (χ1) is 11.2. The molecule has 5 heteroatoms. The molecule has 0 radical (unpaired) electrons. The van der Waals surface area contributed by atoms with Crippen LogP contribution in [0.25, 0.3) is 5.69 Å². The summed E-state index contributed by atoms with van der Waals surface area (Å²) in [5.41, 5.74) is 5.24. The highest BCUT2D eigenvalue weighted by Crippen LogP contribution is 2.27. The number of carbonyl (C=O) groups is 1. The van der Waals surface area contributed by atoms with Crippen molar-refractivity contribution in [2.45, 2.75) is 32.6 Å². The molecule has 3 rings (SSSR count). The maximum Gasteiger partial charge on any atom is 0.272 e. The minimum Gasteiger partial charge on any atom is -0.349 e. The molecule has 0 unspecified atom stereocenters. The monoisotopic (exact) mass is 312 g/mol. The van der Waals surface area contributed by atoms with E-state index in [-0.39, 0.29) is 5.91 Å². The van der Waals surface area contributed by atoms with Gasteiger partial charge in [0, 0.05) is 24.3 Å². The van der Waals surface area contributed by atoms with Crippen LogP contribution in [0.4, 0.5) is 0 Å². The number of carbonyl (C=O) groups excluding carboxylic acids is 1. The Bertz CT molecular complexity index is 688. The van der Waals surface area contributed by atoms with E-state index in [1.54, 1.807) is 0 Å². The van der Waals surface area contributed by atoms with Gasteiger partial charge >= 0.3 is 0 Å². The van der Waals surface area contributed by atoms with Crippen molar-refractivity contribution in [1.82, 2.24) is 20.4 Å². The number of likely N-dealkylation sites (N-methyl/N-ethyl adjacent to an activating group) is 1. The second kappa shape index (κ2) is 6.96. The number of nitrogens with one attached hydrogen (secondary N) is 2. The third-order valence-corrected chi connectivity index (χ3v) is 4.40. The minimum atomic E-state index is -0.0673. The van der Waals surface area contributed by atoms with Crippen LogP contribution in [0, 0.1) is 0 Å². The van der Waals surface area contributed by atoms with Gasteiger partial charge in [-0.15, -0.1) is 0 Å². The molecule has 0 saturated heterocycles. The van der Waals surface area contributed by atoms with Gasteiger partial charge in [0.05, 0.1) is 5.69 Å². The van der Waals surface area contributed by atoms with Gasteiger partial charge in [0.25, 0.3) is 5.91 Å². The van der Waals surface area contributed by atoms with Gasteiger partial charge in [-0.25, -0.2) is 4.68 Å². The van der Waals surface area contributed by atoms with Crippen molar-refractivity contribution in [2.75, 3.05) is 20.1 Å². The van der Waals surface area contributed by atoms with Crippen molar-refractivity contribution >= 4 is 5.91 Å². The maximum atomic E-state index is 12.4. The van der Waals surface area contributed by atoms with Crippen LogP contribution in [0.2, 0.25) is 0 Å². The minimum absolute atomic E-state index is 0.0673. The molecule has 2 aromatic rings. The molecular formula is C18H24N4O. The summed E-state index contributed by atoms with van der Waals surface area (Å²) >= 11 is 0. The van der Waals surface area contributed by atoms with Crippen LogP contribution in [0.15, 0.2) is 24.3 Å². The lowest BCUT2D eigenvalue weighted by Gasteiger charge is -2.06. The average Bonchev–Trinajstić information content (AvgIpc) is 3.17. The number of hydrogen-bond acceptors (Lipinski definition) is 3. The summed E-state index contributed by atoms with van der Waals surface area (Å²) in [4.78, 5) is 12.4. The standard InChI is InChI=1S/C18H24N4O/c1-3-13-7-9-14(10-8-13)22-16-6-4-5-15(16)17(21-22)18(23)20-12-11-19-2/h7-10,19H,3-6,11-12H2,1-2H3,(H,20,23). The van der Waals surface area contributed by atoms with Crippen LogP contribution >= 0.6 is 0 Å². The third kappa shape index (κ3) is 3.15. The maximum absolute atomic E-state index is 12.4. The van der Waals surface area contributed by atoms with E-state index in [4.69, 9.17) is 0 Å². The van der Waals surface area contributed by atoms with Crippen molar-refractivity contribution in [2.24, 2.45) is 0 Å². The molecule has 1 aromatic carbocycles. The van der Waals surface area contributed by atoms with Gasteiger partial charge in [0.1, 0.15) is 0 Å². The van der Waals surface area contributed by atoms with Gasteiger partial charge in [0.15, 0.2) is 5.69 Å².